The van der Waals surface area contributed by atoms with Crippen LogP contribution in [0.4, 0.5) is 11.4 Å². The quantitative estimate of drug-likeness (QED) is 0.288. The van der Waals surface area contributed by atoms with E-state index in [0.29, 0.717) is 0 Å². The summed E-state index contributed by atoms with van der Waals surface area (Å²) in [7, 11) is 0. The second-order valence-corrected chi connectivity index (χ2v) is 3.09. The van der Waals surface area contributed by atoms with Crippen LogP contribution in [0.3, 0.4) is 0 Å². The molecule has 1 aromatic carbocycles. The highest BCUT2D eigenvalue weighted by molar-refractivity contribution is 5.59. The van der Waals surface area contributed by atoms with Gasteiger partial charge in [-0.3, -0.25) is 10.1 Å². The third-order valence-electron chi connectivity index (χ3n) is 2.02. The Bertz CT molecular complexity index is 455. The number of anilines is 1. The van der Waals surface area contributed by atoms with Gasteiger partial charge in [-0.1, -0.05) is 0 Å². The first kappa shape index (κ1) is 11.9. The molecule has 0 heterocycles. The highest BCUT2D eigenvalue weighted by Gasteiger charge is 2.20. The average Bonchev–Trinajstić information content (AvgIpc) is 2.26. The van der Waals surface area contributed by atoms with Crippen LogP contribution in [0.5, 0.6) is 0 Å². The number of nitrogens with zero attached hydrogens (tertiary/aromatic N) is 2. The molecule has 0 spiro atoms. The normalized spacial score (nSPS) is 13.8. The Hall–Kier alpha value is -2.17. The summed E-state index contributed by atoms with van der Waals surface area (Å²) >= 11 is 0. The van der Waals surface area contributed by atoms with Crippen LogP contribution in [-0.2, 0) is 0 Å². The fraction of sp³-hybridized carbons (Fsp3) is 0.222. The minimum absolute atomic E-state index is 0.133. The fourth-order valence-corrected chi connectivity index (χ4v) is 1.18. The zero-order valence-corrected chi connectivity index (χ0v) is 8.07. The Morgan fingerprint density at radius 1 is 1.50 bits per heavy atom. The summed E-state index contributed by atoms with van der Waals surface area (Å²) in [4.78, 5) is 9.79. The van der Waals surface area contributed by atoms with E-state index >= 15 is 0 Å². The summed E-state index contributed by atoms with van der Waals surface area (Å²) in [6, 6.07) is 4.95. The third-order valence-corrected chi connectivity index (χ3v) is 2.02. The molecule has 0 bridgehead atoms. The van der Waals surface area contributed by atoms with Crippen LogP contribution in [0.25, 0.3) is 0 Å². The average molecular weight is 223 g/mol. The number of nitro benzene ring substituents is 1. The standard InChI is InChI=1S/C9H9N3O4/c10-4-8(13)9(14)5-1-2-7(12(15)16)6(11)3-5/h1-3,8-9,13-14H,11H2. The molecule has 1 rings (SSSR count). The predicted molar refractivity (Wildman–Crippen MR) is 54.1 cm³/mol. The van der Waals surface area contributed by atoms with Gasteiger partial charge < -0.3 is 15.9 Å². The number of nitrogens with two attached hydrogens (primary N) is 1. The Morgan fingerprint density at radius 2 is 2.12 bits per heavy atom. The SMILES string of the molecule is N#CC(O)C(O)c1ccc([N+](=O)[O-])c(N)c1. The van der Waals surface area contributed by atoms with Gasteiger partial charge in [-0.25, -0.2) is 0 Å². The van der Waals surface area contributed by atoms with Crippen LogP contribution in [0.1, 0.15) is 11.7 Å². The van der Waals surface area contributed by atoms with Crippen molar-refractivity contribution in [2.45, 2.75) is 12.2 Å². The Labute approximate surface area is 90.5 Å². The van der Waals surface area contributed by atoms with E-state index in [2.05, 4.69) is 0 Å². The van der Waals surface area contributed by atoms with E-state index in [-0.39, 0.29) is 16.9 Å². The maximum Gasteiger partial charge on any atom is 0.292 e. The molecule has 7 heteroatoms. The highest BCUT2D eigenvalue weighted by atomic mass is 16.6. The molecule has 0 aliphatic rings. The lowest BCUT2D eigenvalue weighted by molar-refractivity contribution is -0.383. The van der Waals surface area contributed by atoms with E-state index in [1.165, 1.54) is 12.1 Å². The van der Waals surface area contributed by atoms with E-state index in [4.69, 9.17) is 16.1 Å². The Kier molecular flexibility index (Phi) is 3.40. The molecule has 0 radical (unpaired) electrons. The Morgan fingerprint density at radius 3 is 2.56 bits per heavy atom. The number of benzene rings is 1. The number of rotatable bonds is 3. The Balaban J connectivity index is 3.07. The predicted octanol–water partition coefficient (Wildman–Crippen LogP) is 0.0949. The molecule has 0 saturated carbocycles. The van der Waals surface area contributed by atoms with Crippen molar-refractivity contribution in [2.24, 2.45) is 0 Å². The van der Waals surface area contributed by atoms with Gasteiger partial charge in [0.15, 0.2) is 6.10 Å². The number of aliphatic hydroxyl groups excluding tert-OH is 2. The maximum atomic E-state index is 10.5. The molecule has 84 valence electrons. The van der Waals surface area contributed by atoms with Gasteiger partial charge in [0.05, 0.1) is 11.0 Å². The van der Waals surface area contributed by atoms with Crippen molar-refractivity contribution in [3.63, 3.8) is 0 Å². The highest BCUT2D eigenvalue weighted by Crippen LogP contribution is 2.26. The molecule has 0 saturated heterocycles. The van der Waals surface area contributed by atoms with Crippen molar-refractivity contribution in [1.29, 1.82) is 5.26 Å². The summed E-state index contributed by atoms with van der Waals surface area (Å²) in [5.74, 6) is 0. The third kappa shape index (κ3) is 2.25. The lowest BCUT2D eigenvalue weighted by Gasteiger charge is -2.12. The summed E-state index contributed by atoms with van der Waals surface area (Å²) in [5.41, 5.74) is 5.11. The second kappa shape index (κ2) is 4.57. The van der Waals surface area contributed by atoms with Crippen LogP contribution >= 0.6 is 0 Å². The van der Waals surface area contributed by atoms with Crippen LogP contribution in [0.15, 0.2) is 18.2 Å². The number of nitro groups is 1. The first-order valence-corrected chi connectivity index (χ1v) is 4.27. The molecule has 2 atom stereocenters. The van der Waals surface area contributed by atoms with Gasteiger partial charge in [-0.2, -0.15) is 5.26 Å². The topological polar surface area (TPSA) is 133 Å². The summed E-state index contributed by atoms with van der Waals surface area (Å²) in [6.45, 7) is 0. The van der Waals surface area contributed by atoms with Gasteiger partial charge in [-0.15, -0.1) is 0 Å². The molecule has 0 aliphatic heterocycles. The number of aliphatic hydroxyl groups is 2. The van der Waals surface area contributed by atoms with Gasteiger partial charge in [0.25, 0.3) is 5.69 Å². The van der Waals surface area contributed by atoms with Crippen molar-refractivity contribution >= 4 is 11.4 Å². The maximum absolute atomic E-state index is 10.5. The van der Waals surface area contributed by atoms with E-state index in [1.807, 2.05) is 0 Å². The minimum Gasteiger partial charge on any atom is -0.393 e. The van der Waals surface area contributed by atoms with Gasteiger partial charge in [0.2, 0.25) is 0 Å². The van der Waals surface area contributed by atoms with Crippen LogP contribution in [-0.4, -0.2) is 21.2 Å². The minimum atomic E-state index is -1.60. The van der Waals surface area contributed by atoms with Gasteiger partial charge >= 0.3 is 0 Å². The van der Waals surface area contributed by atoms with Crippen molar-refractivity contribution in [2.75, 3.05) is 5.73 Å². The van der Waals surface area contributed by atoms with Crippen molar-refractivity contribution in [3.8, 4) is 6.07 Å². The molecule has 1 aromatic rings. The van der Waals surface area contributed by atoms with E-state index < -0.39 is 17.1 Å². The molecule has 0 aromatic heterocycles. The van der Waals surface area contributed by atoms with Gasteiger partial charge in [0, 0.05) is 6.07 Å². The molecule has 0 fully saturated rings. The molecular weight excluding hydrogens is 214 g/mol. The van der Waals surface area contributed by atoms with Crippen LogP contribution in [0.2, 0.25) is 0 Å². The largest absolute Gasteiger partial charge is 0.393 e. The van der Waals surface area contributed by atoms with Gasteiger partial charge in [-0.05, 0) is 17.7 Å². The smallest absolute Gasteiger partial charge is 0.292 e. The molecule has 16 heavy (non-hydrogen) atoms. The van der Waals surface area contributed by atoms with Crippen molar-refractivity contribution < 1.29 is 15.1 Å². The zero-order valence-electron chi connectivity index (χ0n) is 8.07. The summed E-state index contributed by atoms with van der Waals surface area (Å²) in [5, 5.41) is 37.3. The lowest BCUT2D eigenvalue weighted by atomic mass is 10.0. The molecular formula is C9H9N3O4. The lowest BCUT2D eigenvalue weighted by Crippen LogP contribution is -2.16. The zero-order chi connectivity index (χ0) is 12.3. The summed E-state index contributed by atoms with van der Waals surface area (Å²) in [6.07, 6.45) is -3.03. The molecule has 2 unspecified atom stereocenters. The van der Waals surface area contributed by atoms with Gasteiger partial charge in [0.1, 0.15) is 11.8 Å². The molecule has 0 aliphatic carbocycles. The molecule has 0 amide bonds. The van der Waals surface area contributed by atoms with Crippen LogP contribution < -0.4 is 5.73 Å². The summed E-state index contributed by atoms with van der Waals surface area (Å²) < 4.78 is 0. The number of hydrogen-bond donors (Lipinski definition) is 3. The molecule has 7 nitrogen and oxygen atoms in total. The van der Waals surface area contributed by atoms with Crippen LogP contribution in [0, 0.1) is 21.4 Å². The van der Waals surface area contributed by atoms with Crippen molar-refractivity contribution in [3.05, 3.63) is 33.9 Å². The first-order chi connectivity index (χ1) is 7.47. The fourth-order valence-electron chi connectivity index (χ4n) is 1.18. The van der Waals surface area contributed by atoms with Crippen molar-refractivity contribution in [1.82, 2.24) is 0 Å². The van der Waals surface area contributed by atoms with E-state index in [1.54, 1.807) is 0 Å². The van der Waals surface area contributed by atoms with E-state index in [9.17, 15) is 15.2 Å². The number of nitrogen functional groups attached to an aromatic ring is 1. The number of nitriles is 1. The number of hydrogen-bond acceptors (Lipinski definition) is 6. The first-order valence-electron chi connectivity index (χ1n) is 4.27. The second-order valence-electron chi connectivity index (χ2n) is 3.09. The van der Waals surface area contributed by atoms with E-state index in [0.717, 1.165) is 12.1 Å². The monoisotopic (exact) mass is 223 g/mol. The molecule has 4 N–H and O–H groups in total.